The maximum Gasteiger partial charge on any atom is 0.431 e. The number of rotatable bonds is 2. The smallest absolute Gasteiger partial charge is 0.291 e. The van der Waals surface area contributed by atoms with Crippen molar-refractivity contribution in [2.45, 2.75) is 6.18 Å². The van der Waals surface area contributed by atoms with E-state index in [2.05, 4.69) is 5.43 Å². The molecule has 2 rings (SSSR count). The minimum atomic E-state index is -4.82. The predicted octanol–water partition coefficient (Wildman–Crippen LogP) is 2.75. The van der Waals surface area contributed by atoms with E-state index in [0.717, 1.165) is 7.05 Å². The molecule has 5 nitrogen and oxygen atoms in total. The fourth-order valence-electron chi connectivity index (χ4n) is 1.71. The third kappa shape index (κ3) is 2.97. The molecule has 0 bridgehead atoms. The first kappa shape index (κ1) is 16.4. The molecule has 0 spiro atoms. The average molecular weight is 354 g/mol. The van der Waals surface area contributed by atoms with Crippen LogP contribution in [0.5, 0.6) is 0 Å². The van der Waals surface area contributed by atoms with Crippen LogP contribution in [-0.2, 0) is 13.2 Å². The molecule has 0 aliphatic rings. The van der Waals surface area contributed by atoms with Gasteiger partial charge in [-0.2, -0.15) is 17.8 Å². The van der Waals surface area contributed by atoms with Gasteiger partial charge in [0.2, 0.25) is 0 Å². The first-order valence-electron chi connectivity index (χ1n) is 5.74. The van der Waals surface area contributed by atoms with Crippen molar-refractivity contribution < 1.29 is 13.2 Å². The molecule has 0 aliphatic carbocycles. The summed E-state index contributed by atoms with van der Waals surface area (Å²) in [7, 11) is 0.905. The summed E-state index contributed by atoms with van der Waals surface area (Å²) in [5, 5.41) is 0.182. The normalized spacial score (nSPS) is 11.5. The summed E-state index contributed by atoms with van der Waals surface area (Å²) in [6, 6.07) is 4.70. The number of anilines is 1. The van der Waals surface area contributed by atoms with E-state index in [1.54, 1.807) is 0 Å². The maximum absolute atomic E-state index is 12.7. The lowest BCUT2D eigenvalue weighted by Crippen LogP contribution is -2.44. The van der Waals surface area contributed by atoms with Gasteiger partial charge in [-0.05, 0) is 12.1 Å². The highest BCUT2D eigenvalue weighted by Gasteiger charge is 2.35. The van der Waals surface area contributed by atoms with Crippen molar-refractivity contribution >= 4 is 28.9 Å². The molecule has 0 saturated carbocycles. The predicted molar refractivity (Wildman–Crippen MR) is 76.4 cm³/mol. The summed E-state index contributed by atoms with van der Waals surface area (Å²) in [6.45, 7) is 0. The zero-order chi connectivity index (χ0) is 16.7. The van der Waals surface area contributed by atoms with E-state index in [-0.39, 0.29) is 15.7 Å². The van der Waals surface area contributed by atoms with Crippen LogP contribution in [-0.4, -0.2) is 9.24 Å². The molecule has 0 atom stereocenters. The third-order valence-corrected chi connectivity index (χ3v) is 3.61. The minimum absolute atomic E-state index is 0.0259. The summed E-state index contributed by atoms with van der Waals surface area (Å²) >= 11 is 11.7. The van der Waals surface area contributed by atoms with Crippen LogP contribution in [0.15, 0.2) is 33.9 Å². The monoisotopic (exact) mass is 353 g/mol. The molecule has 1 N–H and O–H groups in total. The van der Waals surface area contributed by atoms with Crippen LogP contribution in [0.4, 0.5) is 18.9 Å². The second-order valence-electron chi connectivity index (χ2n) is 4.26. The largest absolute Gasteiger partial charge is 0.431 e. The van der Waals surface area contributed by atoms with Crippen molar-refractivity contribution in [3.05, 3.63) is 60.8 Å². The van der Waals surface area contributed by atoms with Gasteiger partial charge in [0.15, 0.2) is 0 Å². The maximum atomic E-state index is 12.7. The molecule has 0 fully saturated rings. The number of halogens is 5. The highest BCUT2D eigenvalue weighted by molar-refractivity contribution is 6.43. The summed E-state index contributed by atoms with van der Waals surface area (Å²) in [4.78, 5) is 23.7. The fourth-order valence-corrected chi connectivity index (χ4v) is 2.05. The van der Waals surface area contributed by atoms with E-state index in [9.17, 15) is 22.8 Å². The molecule has 22 heavy (non-hydrogen) atoms. The number of hydrogen-bond acceptors (Lipinski definition) is 3. The number of nitrogens with one attached hydrogen (secondary N) is 1. The Labute approximate surface area is 131 Å². The Morgan fingerprint density at radius 3 is 2.41 bits per heavy atom. The Hall–Kier alpha value is -1.93. The van der Waals surface area contributed by atoms with Crippen molar-refractivity contribution in [1.82, 2.24) is 9.24 Å². The first-order valence-corrected chi connectivity index (χ1v) is 6.50. The average Bonchev–Trinajstić information content (AvgIpc) is 2.42. The van der Waals surface area contributed by atoms with Gasteiger partial charge < -0.3 is 0 Å². The Morgan fingerprint density at radius 1 is 1.18 bits per heavy atom. The highest BCUT2D eigenvalue weighted by atomic mass is 35.5. The summed E-state index contributed by atoms with van der Waals surface area (Å²) in [5.41, 5.74) is -1.26. The fraction of sp³-hybridized carbons (Fsp3) is 0.167. The van der Waals surface area contributed by atoms with Gasteiger partial charge in [0.1, 0.15) is 5.69 Å². The Bertz CT molecular complexity index is 843. The van der Waals surface area contributed by atoms with Crippen molar-refractivity contribution in [2.75, 3.05) is 5.43 Å². The standard InChI is InChI=1S/C12H8Cl2F3N3O2/c1-19-8(12(15,16)17)5-9(21)20(11(19)22)18-7-4-2-3-6(13)10(7)14/h2-5,18H,1H3. The Kier molecular flexibility index (Phi) is 4.25. The molecule has 1 aromatic carbocycles. The van der Waals surface area contributed by atoms with Crippen molar-refractivity contribution in [3.8, 4) is 0 Å². The summed E-state index contributed by atoms with van der Waals surface area (Å²) in [5.74, 6) is 0. The molecule has 0 unspecified atom stereocenters. The van der Waals surface area contributed by atoms with E-state index in [0.29, 0.717) is 15.3 Å². The Morgan fingerprint density at radius 2 is 1.82 bits per heavy atom. The number of nitrogens with zero attached hydrogens (tertiary/aromatic N) is 2. The number of hydrogen-bond donors (Lipinski definition) is 1. The molecule has 10 heteroatoms. The molecule has 0 aliphatic heterocycles. The second kappa shape index (κ2) is 5.69. The Balaban J connectivity index is 2.59. The van der Waals surface area contributed by atoms with Crippen LogP contribution in [0, 0.1) is 0 Å². The van der Waals surface area contributed by atoms with Gasteiger partial charge in [0, 0.05) is 13.1 Å². The molecular weight excluding hydrogens is 346 g/mol. The van der Waals surface area contributed by atoms with Crippen LogP contribution >= 0.6 is 23.2 Å². The lowest BCUT2D eigenvalue weighted by molar-refractivity contribution is -0.144. The highest BCUT2D eigenvalue weighted by Crippen LogP contribution is 2.29. The van der Waals surface area contributed by atoms with E-state index in [1.165, 1.54) is 18.2 Å². The lowest BCUT2D eigenvalue weighted by Gasteiger charge is -2.15. The second-order valence-corrected chi connectivity index (χ2v) is 5.04. The van der Waals surface area contributed by atoms with Crippen molar-refractivity contribution in [2.24, 2.45) is 7.05 Å². The van der Waals surface area contributed by atoms with E-state index >= 15 is 0 Å². The third-order valence-electron chi connectivity index (χ3n) is 2.79. The van der Waals surface area contributed by atoms with Crippen molar-refractivity contribution in [1.29, 1.82) is 0 Å². The van der Waals surface area contributed by atoms with Crippen LogP contribution in [0.3, 0.4) is 0 Å². The zero-order valence-electron chi connectivity index (χ0n) is 10.9. The molecular formula is C12H8Cl2F3N3O2. The van der Waals surface area contributed by atoms with Gasteiger partial charge in [-0.15, -0.1) is 0 Å². The minimum Gasteiger partial charge on any atom is -0.291 e. The van der Waals surface area contributed by atoms with Crippen LogP contribution < -0.4 is 16.7 Å². The van der Waals surface area contributed by atoms with Crippen molar-refractivity contribution in [3.63, 3.8) is 0 Å². The van der Waals surface area contributed by atoms with Crippen LogP contribution in [0.2, 0.25) is 10.0 Å². The molecule has 1 heterocycles. The molecule has 2 aromatic rings. The number of benzene rings is 1. The SMILES string of the molecule is Cn1c(C(F)(F)F)cc(=O)n(Nc2cccc(Cl)c2Cl)c1=O. The summed E-state index contributed by atoms with van der Waals surface area (Å²) in [6.07, 6.45) is -4.82. The molecule has 118 valence electrons. The van der Waals surface area contributed by atoms with Gasteiger partial charge in [-0.3, -0.25) is 14.8 Å². The van der Waals surface area contributed by atoms with E-state index < -0.39 is 23.1 Å². The molecule has 0 radical (unpaired) electrons. The van der Waals surface area contributed by atoms with Crippen LogP contribution in [0.25, 0.3) is 0 Å². The van der Waals surface area contributed by atoms with Gasteiger partial charge in [0.25, 0.3) is 5.56 Å². The molecule has 0 saturated heterocycles. The quantitative estimate of drug-likeness (QED) is 0.903. The van der Waals surface area contributed by atoms with Gasteiger partial charge in [0.05, 0.1) is 15.7 Å². The molecule has 0 amide bonds. The van der Waals surface area contributed by atoms with Gasteiger partial charge >= 0.3 is 11.9 Å². The van der Waals surface area contributed by atoms with Gasteiger partial charge in [-0.25, -0.2) is 4.79 Å². The van der Waals surface area contributed by atoms with E-state index in [4.69, 9.17) is 23.2 Å². The lowest BCUT2D eigenvalue weighted by atomic mass is 10.3. The van der Waals surface area contributed by atoms with Gasteiger partial charge in [-0.1, -0.05) is 29.3 Å². The zero-order valence-corrected chi connectivity index (χ0v) is 12.4. The number of aromatic nitrogens is 2. The van der Waals surface area contributed by atoms with Crippen LogP contribution in [0.1, 0.15) is 5.69 Å². The first-order chi connectivity index (χ1) is 10.1. The molecule has 1 aromatic heterocycles. The van der Waals surface area contributed by atoms with E-state index in [1.807, 2.05) is 0 Å². The summed E-state index contributed by atoms with van der Waals surface area (Å²) < 4.78 is 38.9. The topological polar surface area (TPSA) is 56.0 Å². The number of alkyl halides is 3.